The predicted octanol–water partition coefficient (Wildman–Crippen LogP) is 2.63. The van der Waals surface area contributed by atoms with Crippen molar-refractivity contribution < 1.29 is 9.59 Å². The summed E-state index contributed by atoms with van der Waals surface area (Å²) in [4.78, 5) is 29.9. The van der Waals surface area contributed by atoms with E-state index in [0.717, 1.165) is 11.0 Å². The second kappa shape index (κ2) is 4.97. The van der Waals surface area contributed by atoms with E-state index in [-0.39, 0.29) is 5.91 Å². The zero-order valence-corrected chi connectivity index (χ0v) is 10.5. The lowest BCUT2D eigenvalue weighted by molar-refractivity contribution is 0.102. The molecule has 0 aliphatic carbocycles. The number of rotatable bonds is 3. The van der Waals surface area contributed by atoms with Gasteiger partial charge in [0, 0.05) is 16.8 Å². The summed E-state index contributed by atoms with van der Waals surface area (Å²) >= 11 is 0. The van der Waals surface area contributed by atoms with Crippen LogP contribution in [0.3, 0.4) is 0 Å². The smallest absolute Gasteiger partial charge is 0.255 e. The Labute approximate surface area is 114 Å². The predicted molar refractivity (Wildman–Crippen MR) is 75.9 cm³/mol. The number of aromatic amines is 1. The number of fused-ring (bicyclic) bond motifs is 1. The summed E-state index contributed by atoms with van der Waals surface area (Å²) in [6.07, 6.45) is 2.32. The number of nitrogens with one attached hydrogen (secondary N) is 2. The van der Waals surface area contributed by atoms with E-state index in [1.165, 1.54) is 0 Å². The molecule has 20 heavy (non-hydrogen) atoms. The lowest BCUT2D eigenvalue weighted by Crippen LogP contribution is -2.12. The number of amides is 1. The van der Waals surface area contributed by atoms with Gasteiger partial charge in [0.25, 0.3) is 5.91 Å². The number of H-pyrrole nitrogens is 1. The Morgan fingerprint density at radius 1 is 1.20 bits per heavy atom. The fourth-order valence-electron chi connectivity index (χ4n) is 1.97. The number of benzene rings is 2. The molecular weight excluding hydrogens is 254 g/mol. The first kappa shape index (κ1) is 12.1. The zero-order chi connectivity index (χ0) is 13.9. The number of carbonyl (C=O) groups is 2. The summed E-state index contributed by atoms with van der Waals surface area (Å²) in [6.45, 7) is 0. The van der Waals surface area contributed by atoms with Crippen LogP contribution in [0.25, 0.3) is 11.0 Å². The third-order valence-electron chi connectivity index (χ3n) is 2.96. The van der Waals surface area contributed by atoms with Crippen LogP contribution in [0.1, 0.15) is 20.7 Å². The van der Waals surface area contributed by atoms with E-state index >= 15 is 0 Å². The van der Waals surface area contributed by atoms with Gasteiger partial charge >= 0.3 is 0 Å². The summed E-state index contributed by atoms with van der Waals surface area (Å²) in [6, 6.07) is 12.0. The van der Waals surface area contributed by atoms with Crippen LogP contribution in [0.15, 0.2) is 48.8 Å². The normalized spacial score (nSPS) is 10.4. The SMILES string of the molecule is O=Cc1cccc(C(=O)Nc2ccc3[nH]cnc3c2)c1. The van der Waals surface area contributed by atoms with E-state index < -0.39 is 0 Å². The van der Waals surface area contributed by atoms with E-state index in [1.54, 1.807) is 42.7 Å². The third-order valence-corrected chi connectivity index (χ3v) is 2.96. The van der Waals surface area contributed by atoms with Crippen molar-refractivity contribution in [3.8, 4) is 0 Å². The molecule has 3 aromatic rings. The second-order valence-corrected chi connectivity index (χ2v) is 4.33. The highest BCUT2D eigenvalue weighted by atomic mass is 16.1. The van der Waals surface area contributed by atoms with Gasteiger partial charge in [-0.3, -0.25) is 9.59 Å². The van der Waals surface area contributed by atoms with E-state index in [0.29, 0.717) is 23.1 Å². The maximum atomic E-state index is 12.1. The topological polar surface area (TPSA) is 74.8 Å². The number of hydrogen-bond donors (Lipinski definition) is 2. The molecule has 0 unspecified atom stereocenters. The Morgan fingerprint density at radius 2 is 2.10 bits per heavy atom. The summed E-state index contributed by atoms with van der Waals surface area (Å²) in [5.74, 6) is -0.261. The van der Waals surface area contributed by atoms with Crippen LogP contribution < -0.4 is 5.32 Å². The molecule has 0 aliphatic heterocycles. The maximum Gasteiger partial charge on any atom is 0.255 e. The number of carbonyl (C=O) groups excluding carboxylic acids is 2. The molecule has 2 N–H and O–H groups in total. The van der Waals surface area contributed by atoms with Crippen molar-refractivity contribution in [1.29, 1.82) is 0 Å². The Bertz CT molecular complexity index is 792. The van der Waals surface area contributed by atoms with Crippen molar-refractivity contribution >= 4 is 28.9 Å². The number of aldehydes is 1. The van der Waals surface area contributed by atoms with Gasteiger partial charge in [-0.05, 0) is 30.3 Å². The van der Waals surface area contributed by atoms with Gasteiger partial charge in [-0.1, -0.05) is 12.1 Å². The summed E-state index contributed by atoms with van der Waals surface area (Å²) in [5, 5.41) is 2.78. The number of hydrogen-bond acceptors (Lipinski definition) is 3. The average molecular weight is 265 g/mol. The fraction of sp³-hybridized carbons (Fsp3) is 0. The van der Waals surface area contributed by atoms with E-state index in [2.05, 4.69) is 15.3 Å². The molecule has 0 bridgehead atoms. The number of aromatic nitrogens is 2. The Kier molecular flexibility index (Phi) is 3.01. The first-order chi connectivity index (χ1) is 9.76. The van der Waals surface area contributed by atoms with Crippen LogP contribution in [0.2, 0.25) is 0 Å². The van der Waals surface area contributed by atoms with E-state index in [4.69, 9.17) is 0 Å². The first-order valence-electron chi connectivity index (χ1n) is 6.06. The summed E-state index contributed by atoms with van der Waals surface area (Å²) in [7, 11) is 0. The van der Waals surface area contributed by atoms with Gasteiger partial charge in [-0.25, -0.2) is 4.98 Å². The maximum absolute atomic E-state index is 12.1. The van der Waals surface area contributed by atoms with Crippen molar-refractivity contribution in [3.05, 3.63) is 59.9 Å². The molecular formula is C15H11N3O2. The standard InChI is InChI=1S/C15H11N3O2/c19-8-10-2-1-3-11(6-10)15(20)18-12-4-5-13-14(7-12)17-9-16-13/h1-9H,(H,16,17)(H,18,20). The molecule has 1 heterocycles. The van der Waals surface area contributed by atoms with Gasteiger partial charge in [0.15, 0.2) is 0 Å². The van der Waals surface area contributed by atoms with Gasteiger partial charge in [-0.15, -0.1) is 0 Å². The fourth-order valence-corrected chi connectivity index (χ4v) is 1.97. The van der Waals surface area contributed by atoms with Crippen molar-refractivity contribution in [1.82, 2.24) is 9.97 Å². The number of nitrogens with zero attached hydrogens (tertiary/aromatic N) is 1. The minimum Gasteiger partial charge on any atom is -0.345 e. The monoisotopic (exact) mass is 265 g/mol. The number of anilines is 1. The van der Waals surface area contributed by atoms with Crippen LogP contribution in [0.5, 0.6) is 0 Å². The van der Waals surface area contributed by atoms with Crippen molar-refractivity contribution in [2.45, 2.75) is 0 Å². The molecule has 5 heteroatoms. The van der Waals surface area contributed by atoms with Gasteiger partial charge in [0.2, 0.25) is 0 Å². The van der Waals surface area contributed by atoms with Crippen LogP contribution >= 0.6 is 0 Å². The second-order valence-electron chi connectivity index (χ2n) is 4.33. The van der Waals surface area contributed by atoms with Crippen LogP contribution in [-0.2, 0) is 0 Å². The highest BCUT2D eigenvalue weighted by molar-refractivity contribution is 6.05. The minimum absolute atomic E-state index is 0.261. The molecule has 3 rings (SSSR count). The van der Waals surface area contributed by atoms with Crippen LogP contribution in [-0.4, -0.2) is 22.2 Å². The Balaban J connectivity index is 1.85. The molecule has 0 aliphatic rings. The quantitative estimate of drug-likeness (QED) is 0.715. The van der Waals surface area contributed by atoms with Gasteiger partial charge in [0.05, 0.1) is 17.4 Å². The van der Waals surface area contributed by atoms with Gasteiger partial charge in [-0.2, -0.15) is 0 Å². The average Bonchev–Trinajstić information content (AvgIpc) is 2.95. The van der Waals surface area contributed by atoms with E-state index in [1.807, 2.05) is 6.07 Å². The molecule has 1 aromatic heterocycles. The Morgan fingerprint density at radius 3 is 2.95 bits per heavy atom. The molecule has 98 valence electrons. The largest absolute Gasteiger partial charge is 0.345 e. The molecule has 2 aromatic carbocycles. The van der Waals surface area contributed by atoms with Crippen molar-refractivity contribution in [3.63, 3.8) is 0 Å². The van der Waals surface area contributed by atoms with Crippen LogP contribution in [0, 0.1) is 0 Å². The molecule has 0 spiro atoms. The molecule has 0 radical (unpaired) electrons. The first-order valence-corrected chi connectivity index (χ1v) is 6.06. The molecule has 1 amide bonds. The molecule has 0 atom stereocenters. The summed E-state index contributed by atoms with van der Waals surface area (Å²) < 4.78 is 0. The zero-order valence-electron chi connectivity index (χ0n) is 10.5. The van der Waals surface area contributed by atoms with Gasteiger partial charge in [0.1, 0.15) is 6.29 Å². The van der Waals surface area contributed by atoms with Crippen molar-refractivity contribution in [2.75, 3.05) is 5.32 Å². The number of imidazole rings is 1. The van der Waals surface area contributed by atoms with Gasteiger partial charge < -0.3 is 10.3 Å². The molecule has 5 nitrogen and oxygen atoms in total. The highest BCUT2D eigenvalue weighted by Gasteiger charge is 2.07. The Hall–Kier alpha value is -2.95. The lowest BCUT2D eigenvalue weighted by atomic mass is 10.1. The summed E-state index contributed by atoms with van der Waals surface area (Å²) in [5.41, 5.74) is 3.26. The van der Waals surface area contributed by atoms with E-state index in [9.17, 15) is 9.59 Å². The molecule has 0 saturated carbocycles. The minimum atomic E-state index is -0.261. The molecule has 0 saturated heterocycles. The van der Waals surface area contributed by atoms with Crippen LogP contribution in [0.4, 0.5) is 5.69 Å². The van der Waals surface area contributed by atoms with Crippen molar-refractivity contribution in [2.24, 2.45) is 0 Å². The highest BCUT2D eigenvalue weighted by Crippen LogP contribution is 2.16. The lowest BCUT2D eigenvalue weighted by Gasteiger charge is -2.05. The molecule has 0 fully saturated rings. The third kappa shape index (κ3) is 2.29.